The summed E-state index contributed by atoms with van der Waals surface area (Å²) < 4.78 is 13.5. The van der Waals surface area contributed by atoms with Crippen LogP contribution in [-0.2, 0) is 11.3 Å². The van der Waals surface area contributed by atoms with Crippen molar-refractivity contribution in [2.24, 2.45) is 0 Å². The van der Waals surface area contributed by atoms with Crippen LogP contribution in [0.15, 0.2) is 82.6 Å². The summed E-state index contributed by atoms with van der Waals surface area (Å²) in [6.07, 6.45) is 1.89. The molecule has 1 saturated heterocycles. The number of thioether (sulfide) groups is 1. The summed E-state index contributed by atoms with van der Waals surface area (Å²) in [5.74, 6) is -0.463. The molecule has 0 atom stereocenters. The van der Waals surface area contributed by atoms with Gasteiger partial charge >= 0.3 is 0 Å². The number of nitrogens with one attached hydrogen (secondary N) is 1. The standard InChI is InChI=1S/C28H26FN3O2S/c1-30-13-15-31(16-14-30)27(33)22-9-12-25-24(18-22)32(19-21-7-10-23(29)11-8-21)28(34)26(35-25)17-20-5-3-2-4-6-20/h2-12,17-18H,13-16,19H2,1H3/p+1. The van der Waals surface area contributed by atoms with Gasteiger partial charge in [-0.05, 0) is 47.5 Å². The average molecular weight is 489 g/mol. The van der Waals surface area contributed by atoms with Crippen molar-refractivity contribution >= 4 is 35.3 Å². The van der Waals surface area contributed by atoms with E-state index in [4.69, 9.17) is 0 Å². The number of anilines is 1. The molecule has 178 valence electrons. The number of hydrogen-bond donors (Lipinski definition) is 1. The van der Waals surface area contributed by atoms with Crippen LogP contribution in [0.1, 0.15) is 21.5 Å². The van der Waals surface area contributed by atoms with Gasteiger partial charge in [-0.2, -0.15) is 0 Å². The average Bonchev–Trinajstić information content (AvgIpc) is 2.88. The Hall–Kier alpha value is -3.42. The minimum atomic E-state index is -0.318. The highest BCUT2D eigenvalue weighted by molar-refractivity contribution is 8.04. The van der Waals surface area contributed by atoms with E-state index >= 15 is 0 Å². The van der Waals surface area contributed by atoms with Crippen molar-refractivity contribution < 1.29 is 18.9 Å². The van der Waals surface area contributed by atoms with Crippen LogP contribution in [0.4, 0.5) is 10.1 Å². The molecule has 35 heavy (non-hydrogen) atoms. The van der Waals surface area contributed by atoms with Gasteiger partial charge in [0.05, 0.1) is 50.4 Å². The summed E-state index contributed by atoms with van der Waals surface area (Å²) in [4.78, 5) is 33.4. The van der Waals surface area contributed by atoms with Crippen LogP contribution < -0.4 is 9.80 Å². The number of carbonyl (C=O) groups excluding carboxylic acids is 2. The third-order valence-electron chi connectivity index (χ3n) is 6.43. The molecule has 7 heteroatoms. The fourth-order valence-electron chi connectivity index (χ4n) is 4.35. The topological polar surface area (TPSA) is 45.1 Å². The maximum Gasteiger partial charge on any atom is 0.265 e. The Balaban J connectivity index is 1.51. The highest BCUT2D eigenvalue weighted by atomic mass is 32.2. The van der Waals surface area contributed by atoms with Crippen LogP contribution in [0.5, 0.6) is 0 Å². The second-order valence-corrected chi connectivity index (χ2v) is 10.1. The van der Waals surface area contributed by atoms with E-state index in [0.717, 1.165) is 42.2 Å². The quantitative estimate of drug-likeness (QED) is 0.572. The molecule has 0 saturated carbocycles. The molecule has 2 heterocycles. The fraction of sp³-hybridized carbons (Fsp3) is 0.214. The van der Waals surface area contributed by atoms with Gasteiger partial charge in [0.1, 0.15) is 5.82 Å². The Morgan fingerprint density at radius 2 is 1.74 bits per heavy atom. The van der Waals surface area contributed by atoms with E-state index in [9.17, 15) is 14.0 Å². The van der Waals surface area contributed by atoms with Crippen molar-refractivity contribution in [3.8, 4) is 0 Å². The Labute approximate surface area is 208 Å². The number of likely N-dealkylation sites (N-methyl/N-ethyl adjacent to an activating group) is 1. The van der Waals surface area contributed by atoms with Crippen LogP contribution in [0.2, 0.25) is 0 Å². The first kappa shape index (κ1) is 23.3. The number of amides is 2. The minimum absolute atomic E-state index is 0.00916. The largest absolute Gasteiger partial charge is 0.334 e. The number of nitrogens with zero attached hydrogens (tertiary/aromatic N) is 2. The van der Waals surface area contributed by atoms with Gasteiger partial charge in [0.25, 0.3) is 11.8 Å². The zero-order chi connectivity index (χ0) is 24.4. The molecule has 3 aromatic rings. The fourth-order valence-corrected chi connectivity index (χ4v) is 5.39. The van der Waals surface area contributed by atoms with Crippen molar-refractivity contribution in [2.75, 3.05) is 38.1 Å². The van der Waals surface area contributed by atoms with Crippen LogP contribution in [0, 0.1) is 5.82 Å². The lowest BCUT2D eigenvalue weighted by Crippen LogP contribution is -3.12. The number of hydrogen-bond acceptors (Lipinski definition) is 3. The summed E-state index contributed by atoms with van der Waals surface area (Å²) in [7, 11) is 2.14. The first-order valence-corrected chi connectivity index (χ1v) is 12.5. The van der Waals surface area contributed by atoms with Gasteiger partial charge < -0.3 is 14.7 Å². The maximum atomic E-state index is 13.6. The van der Waals surface area contributed by atoms with Gasteiger partial charge in [-0.1, -0.05) is 54.2 Å². The predicted octanol–water partition coefficient (Wildman–Crippen LogP) is 3.48. The highest BCUT2D eigenvalue weighted by Gasteiger charge is 2.31. The Morgan fingerprint density at radius 3 is 2.46 bits per heavy atom. The molecule has 2 aliphatic heterocycles. The molecule has 2 amide bonds. The molecular weight excluding hydrogens is 461 g/mol. The van der Waals surface area contributed by atoms with Gasteiger partial charge in [0.15, 0.2) is 0 Å². The molecule has 0 bridgehead atoms. The van der Waals surface area contributed by atoms with Gasteiger partial charge in [0.2, 0.25) is 0 Å². The second-order valence-electron chi connectivity index (χ2n) is 8.97. The number of carbonyl (C=O) groups is 2. The smallest absolute Gasteiger partial charge is 0.265 e. The van der Waals surface area contributed by atoms with Crippen molar-refractivity contribution in [1.29, 1.82) is 0 Å². The van der Waals surface area contributed by atoms with E-state index in [1.807, 2.05) is 59.5 Å². The molecular formula is C28H27FN3O2S+. The lowest BCUT2D eigenvalue weighted by Gasteiger charge is -2.32. The van der Waals surface area contributed by atoms with Crippen LogP contribution >= 0.6 is 11.8 Å². The minimum Gasteiger partial charge on any atom is -0.334 e. The monoisotopic (exact) mass is 488 g/mol. The number of quaternary nitrogens is 1. The molecule has 1 N–H and O–H groups in total. The summed E-state index contributed by atoms with van der Waals surface area (Å²) in [5, 5.41) is 0. The van der Waals surface area contributed by atoms with Crippen molar-refractivity contribution in [1.82, 2.24) is 4.90 Å². The number of piperazine rings is 1. The molecule has 5 rings (SSSR count). The maximum absolute atomic E-state index is 13.6. The Kier molecular flexibility index (Phi) is 6.70. The second kappa shape index (κ2) is 10.1. The summed E-state index contributed by atoms with van der Waals surface area (Å²) in [6, 6.07) is 21.5. The molecule has 0 radical (unpaired) electrons. The van der Waals surface area contributed by atoms with Gasteiger partial charge in [-0.3, -0.25) is 9.59 Å². The molecule has 0 aliphatic carbocycles. The Bertz CT molecular complexity index is 1270. The normalized spacial score (nSPS) is 17.5. The van der Waals surface area contributed by atoms with E-state index in [2.05, 4.69) is 7.05 Å². The molecule has 1 fully saturated rings. The number of fused-ring (bicyclic) bond motifs is 1. The van der Waals surface area contributed by atoms with E-state index < -0.39 is 0 Å². The van der Waals surface area contributed by atoms with Crippen LogP contribution in [-0.4, -0.2) is 49.9 Å². The third-order valence-corrected chi connectivity index (χ3v) is 7.51. The SMILES string of the molecule is C[NH+]1CCN(C(=O)c2ccc3c(c2)N(Cc2ccc(F)cc2)C(=O)C(=Cc2ccccc2)S3)CC1. The molecule has 3 aromatic carbocycles. The zero-order valence-corrected chi connectivity index (χ0v) is 20.4. The molecule has 0 aromatic heterocycles. The van der Waals surface area contributed by atoms with Crippen molar-refractivity contribution in [3.05, 3.63) is 100 Å². The lowest BCUT2D eigenvalue weighted by molar-refractivity contribution is -0.883. The summed E-state index contributed by atoms with van der Waals surface area (Å²) in [5.41, 5.74) is 3.05. The van der Waals surface area contributed by atoms with Crippen molar-refractivity contribution in [3.63, 3.8) is 0 Å². The number of halogens is 1. The van der Waals surface area contributed by atoms with Gasteiger partial charge in [-0.25, -0.2) is 4.39 Å². The molecule has 0 spiro atoms. The van der Waals surface area contributed by atoms with E-state index in [0.29, 0.717) is 16.2 Å². The zero-order valence-electron chi connectivity index (χ0n) is 19.5. The summed E-state index contributed by atoms with van der Waals surface area (Å²) >= 11 is 1.41. The van der Waals surface area contributed by atoms with E-state index in [1.165, 1.54) is 28.8 Å². The predicted molar refractivity (Wildman–Crippen MR) is 137 cm³/mol. The van der Waals surface area contributed by atoms with Gasteiger partial charge in [0, 0.05) is 10.5 Å². The molecule has 2 aliphatic rings. The number of benzene rings is 3. The Morgan fingerprint density at radius 1 is 1.03 bits per heavy atom. The first-order valence-electron chi connectivity index (χ1n) is 11.7. The first-order chi connectivity index (χ1) is 17.0. The lowest BCUT2D eigenvalue weighted by atomic mass is 10.1. The van der Waals surface area contributed by atoms with Crippen LogP contribution in [0.25, 0.3) is 6.08 Å². The van der Waals surface area contributed by atoms with Crippen molar-refractivity contribution in [2.45, 2.75) is 11.4 Å². The molecule has 0 unspecified atom stereocenters. The third kappa shape index (κ3) is 5.16. The van der Waals surface area contributed by atoms with Crippen LogP contribution in [0.3, 0.4) is 0 Å². The van der Waals surface area contributed by atoms with E-state index in [1.54, 1.807) is 17.0 Å². The number of rotatable bonds is 4. The van der Waals surface area contributed by atoms with E-state index in [-0.39, 0.29) is 24.2 Å². The summed E-state index contributed by atoms with van der Waals surface area (Å²) in [6.45, 7) is 3.58. The van der Waals surface area contributed by atoms with Gasteiger partial charge in [-0.15, -0.1) is 0 Å². The molecule has 5 nitrogen and oxygen atoms in total. The highest BCUT2D eigenvalue weighted by Crippen LogP contribution is 2.43.